The van der Waals surface area contributed by atoms with Crippen LogP contribution in [0.1, 0.15) is 66.5 Å². The predicted octanol–water partition coefficient (Wildman–Crippen LogP) is 5.93. The molecule has 0 bridgehead atoms. The minimum absolute atomic E-state index is 0.161. The van der Waals surface area contributed by atoms with E-state index in [1.807, 2.05) is 29.2 Å². The molecule has 2 aliphatic rings. The monoisotopic (exact) mass is 434 g/mol. The first-order chi connectivity index (χ1) is 15.1. The number of aromatic nitrogens is 2. The van der Waals surface area contributed by atoms with Crippen LogP contribution in [-0.4, -0.2) is 14.7 Å². The molecule has 0 unspecified atom stereocenters. The fourth-order valence-corrected chi connectivity index (χ4v) is 5.74. The first kappa shape index (κ1) is 20.2. The Bertz CT molecular complexity index is 1100. The van der Waals surface area contributed by atoms with Crippen LogP contribution >= 0.6 is 12.2 Å². The lowest BCUT2D eigenvalue weighted by Gasteiger charge is -2.28. The van der Waals surface area contributed by atoms with Gasteiger partial charge in [-0.3, -0.25) is 4.98 Å². The number of para-hydroxylation sites is 1. The van der Waals surface area contributed by atoms with E-state index in [4.69, 9.17) is 12.2 Å². The molecule has 3 aromatic rings. The maximum atomic E-state index is 14.9. The molecule has 31 heavy (non-hydrogen) atoms. The maximum absolute atomic E-state index is 14.9. The van der Waals surface area contributed by atoms with E-state index in [0.29, 0.717) is 16.8 Å². The minimum atomic E-state index is -0.275. The van der Waals surface area contributed by atoms with E-state index in [1.54, 1.807) is 18.3 Å². The van der Waals surface area contributed by atoms with Gasteiger partial charge in [0.15, 0.2) is 5.11 Å². The molecule has 2 aromatic heterocycles. The number of aryl methyl sites for hydroxylation is 1. The van der Waals surface area contributed by atoms with Crippen molar-refractivity contribution in [3.63, 3.8) is 0 Å². The normalized spacial score (nSPS) is 21.6. The molecule has 5 rings (SSSR count). The van der Waals surface area contributed by atoms with Crippen LogP contribution in [0.5, 0.6) is 0 Å². The van der Waals surface area contributed by atoms with E-state index < -0.39 is 0 Å². The van der Waals surface area contributed by atoms with Crippen LogP contribution in [0.3, 0.4) is 0 Å². The molecule has 4 nitrogen and oxygen atoms in total. The van der Waals surface area contributed by atoms with Crippen LogP contribution in [0.15, 0.2) is 54.7 Å². The molecular formula is C25H27FN4S. The van der Waals surface area contributed by atoms with E-state index in [0.717, 1.165) is 5.69 Å². The quantitative estimate of drug-likeness (QED) is 0.516. The van der Waals surface area contributed by atoms with Crippen molar-refractivity contribution in [3.05, 3.63) is 83.2 Å². The number of thiocarbonyl (C=S) groups is 1. The Morgan fingerprint density at radius 1 is 1.06 bits per heavy atom. The molecule has 3 heterocycles. The van der Waals surface area contributed by atoms with Crippen LogP contribution < -0.4 is 10.2 Å². The minimum Gasteiger partial charge on any atom is -0.351 e. The van der Waals surface area contributed by atoms with Gasteiger partial charge < -0.3 is 14.8 Å². The van der Waals surface area contributed by atoms with Gasteiger partial charge in [0.05, 0.1) is 23.5 Å². The second-order valence-electron chi connectivity index (χ2n) is 8.58. The second kappa shape index (κ2) is 8.08. The van der Waals surface area contributed by atoms with Gasteiger partial charge >= 0.3 is 0 Å². The Kier molecular flexibility index (Phi) is 5.26. The van der Waals surface area contributed by atoms with Crippen molar-refractivity contribution >= 4 is 23.0 Å². The summed E-state index contributed by atoms with van der Waals surface area (Å²) in [7, 11) is 0. The number of hydrogen-bond donors (Lipinski definition) is 1. The number of halogens is 1. The highest BCUT2D eigenvalue weighted by Crippen LogP contribution is 2.45. The van der Waals surface area contributed by atoms with Gasteiger partial charge in [0.25, 0.3) is 0 Å². The predicted molar refractivity (Wildman–Crippen MR) is 126 cm³/mol. The number of hydrogen-bond acceptors (Lipinski definition) is 2. The zero-order valence-corrected chi connectivity index (χ0v) is 18.7. The van der Waals surface area contributed by atoms with E-state index >= 15 is 0 Å². The van der Waals surface area contributed by atoms with Gasteiger partial charge in [0.2, 0.25) is 0 Å². The summed E-state index contributed by atoms with van der Waals surface area (Å²) in [6.45, 7) is 4.37. The third-order valence-corrected chi connectivity index (χ3v) is 7.06. The summed E-state index contributed by atoms with van der Waals surface area (Å²) in [4.78, 5) is 6.54. The molecule has 6 heteroatoms. The third-order valence-electron chi connectivity index (χ3n) is 6.74. The SMILES string of the molecule is Cc1cc([C@@H]2[C@@H](c3ccccn3)NC(=S)N2c2ccccc2F)c(C)n1C1CCCC1. The molecule has 1 aromatic carbocycles. The molecule has 160 valence electrons. The zero-order chi connectivity index (χ0) is 21.5. The van der Waals surface area contributed by atoms with Crippen molar-refractivity contribution in [2.24, 2.45) is 0 Å². The molecule has 1 aliphatic carbocycles. The second-order valence-corrected chi connectivity index (χ2v) is 8.97. The van der Waals surface area contributed by atoms with Crippen LogP contribution in [0.2, 0.25) is 0 Å². The Hall–Kier alpha value is -2.73. The summed E-state index contributed by atoms with van der Waals surface area (Å²) in [5.74, 6) is -0.275. The summed E-state index contributed by atoms with van der Waals surface area (Å²) < 4.78 is 17.4. The summed E-state index contributed by atoms with van der Waals surface area (Å²) in [5, 5.41) is 3.96. The standard InChI is InChI=1S/C25H27FN4S/c1-16-15-19(17(2)29(16)18-9-3-4-10-18)24-23(21-12-7-8-14-27-21)28-25(31)30(24)22-13-6-5-11-20(22)26/h5-8,11-15,18,23-24H,3-4,9-10H2,1-2H3,(H,28,31)/t23-,24-/m1/s1. The van der Waals surface area contributed by atoms with Gasteiger partial charge in [-0.05, 0) is 74.8 Å². The zero-order valence-electron chi connectivity index (χ0n) is 17.9. The van der Waals surface area contributed by atoms with Crippen molar-refractivity contribution in [3.8, 4) is 0 Å². The number of nitrogens with one attached hydrogen (secondary N) is 1. The number of nitrogens with zero attached hydrogens (tertiary/aromatic N) is 3. The van der Waals surface area contributed by atoms with Crippen LogP contribution in [-0.2, 0) is 0 Å². The molecule has 1 saturated heterocycles. The van der Waals surface area contributed by atoms with E-state index in [9.17, 15) is 4.39 Å². The average molecular weight is 435 g/mol. The van der Waals surface area contributed by atoms with Gasteiger partial charge in [-0.25, -0.2) is 4.39 Å². The first-order valence-electron chi connectivity index (χ1n) is 11.0. The summed E-state index contributed by atoms with van der Waals surface area (Å²) in [5.41, 5.74) is 5.07. The van der Waals surface area contributed by atoms with E-state index in [1.165, 1.54) is 48.7 Å². The lowest BCUT2D eigenvalue weighted by molar-refractivity contribution is 0.494. The van der Waals surface area contributed by atoms with Crippen molar-refractivity contribution in [2.75, 3.05) is 4.90 Å². The van der Waals surface area contributed by atoms with Crippen molar-refractivity contribution in [2.45, 2.75) is 57.7 Å². The summed E-state index contributed by atoms with van der Waals surface area (Å²) in [6.07, 6.45) is 6.80. The highest BCUT2D eigenvalue weighted by atomic mass is 32.1. The lowest BCUT2D eigenvalue weighted by atomic mass is 9.96. The molecule has 1 aliphatic heterocycles. The Morgan fingerprint density at radius 2 is 1.81 bits per heavy atom. The van der Waals surface area contributed by atoms with Gasteiger partial charge in [0.1, 0.15) is 5.82 Å². The number of pyridine rings is 1. The average Bonchev–Trinajstić information content (AvgIpc) is 3.47. The molecule has 0 amide bonds. The topological polar surface area (TPSA) is 33.1 Å². The molecule has 0 radical (unpaired) electrons. The van der Waals surface area contributed by atoms with Gasteiger partial charge in [-0.15, -0.1) is 0 Å². The van der Waals surface area contributed by atoms with E-state index in [2.05, 4.69) is 34.8 Å². The molecule has 1 N–H and O–H groups in total. The number of benzene rings is 1. The fraction of sp³-hybridized carbons (Fsp3) is 0.360. The lowest BCUT2D eigenvalue weighted by Crippen LogP contribution is -2.30. The Balaban J connectivity index is 1.66. The Morgan fingerprint density at radius 3 is 2.52 bits per heavy atom. The van der Waals surface area contributed by atoms with E-state index in [-0.39, 0.29) is 17.9 Å². The summed E-state index contributed by atoms with van der Waals surface area (Å²) >= 11 is 5.74. The Labute approximate surface area is 188 Å². The highest BCUT2D eigenvalue weighted by molar-refractivity contribution is 7.80. The summed E-state index contributed by atoms with van der Waals surface area (Å²) in [6, 6.07) is 15.2. The van der Waals surface area contributed by atoms with Crippen molar-refractivity contribution in [1.29, 1.82) is 0 Å². The third kappa shape index (κ3) is 3.43. The van der Waals surface area contributed by atoms with Crippen LogP contribution in [0, 0.1) is 19.7 Å². The maximum Gasteiger partial charge on any atom is 0.174 e. The molecular weight excluding hydrogens is 407 g/mol. The largest absolute Gasteiger partial charge is 0.351 e. The smallest absolute Gasteiger partial charge is 0.174 e. The van der Waals surface area contributed by atoms with Gasteiger partial charge in [0, 0.05) is 23.6 Å². The van der Waals surface area contributed by atoms with Gasteiger partial charge in [-0.2, -0.15) is 0 Å². The number of rotatable bonds is 4. The van der Waals surface area contributed by atoms with Crippen molar-refractivity contribution < 1.29 is 4.39 Å². The number of anilines is 1. The fourth-order valence-electron chi connectivity index (χ4n) is 5.40. The molecule has 1 saturated carbocycles. The van der Waals surface area contributed by atoms with Gasteiger partial charge in [-0.1, -0.05) is 31.0 Å². The van der Waals surface area contributed by atoms with Crippen molar-refractivity contribution in [1.82, 2.24) is 14.9 Å². The highest BCUT2D eigenvalue weighted by Gasteiger charge is 2.43. The van der Waals surface area contributed by atoms with Crippen LogP contribution in [0.25, 0.3) is 0 Å². The van der Waals surface area contributed by atoms with Crippen LogP contribution in [0.4, 0.5) is 10.1 Å². The molecule has 2 atom stereocenters. The first-order valence-corrected chi connectivity index (χ1v) is 11.4. The molecule has 0 spiro atoms. The molecule has 2 fully saturated rings.